The minimum Gasteiger partial charge on any atom is -0.378 e. The van der Waals surface area contributed by atoms with Gasteiger partial charge in [-0.15, -0.1) is 11.3 Å². The molecule has 1 N–H and O–H groups in total. The number of hydrogen-bond donors (Lipinski definition) is 1. The number of fused-ring (bicyclic) bond motifs is 1. The fourth-order valence-electron chi connectivity index (χ4n) is 3.98. The van der Waals surface area contributed by atoms with E-state index in [2.05, 4.69) is 39.5 Å². The van der Waals surface area contributed by atoms with E-state index < -0.39 is 0 Å². The van der Waals surface area contributed by atoms with E-state index >= 15 is 0 Å². The van der Waals surface area contributed by atoms with Gasteiger partial charge in [0, 0.05) is 44.4 Å². The van der Waals surface area contributed by atoms with Crippen LogP contribution in [0.2, 0.25) is 0 Å². The van der Waals surface area contributed by atoms with Crippen LogP contribution in [0, 0.1) is 5.92 Å². The summed E-state index contributed by atoms with van der Waals surface area (Å²) >= 11 is 1.44. The molecule has 0 unspecified atom stereocenters. The largest absolute Gasteiger partial charge is 0.378 e. The second kappa shape index (κ2) is 8.27. The number of para-hydroxylation sites is 1. The Bertz CT molecular complexity index is 786. The highest BCUT2D eigenvalue weighted by Gasteiger charge is 2.27. The first kappa shape index (κ1) is 18.3. The lowest BCUT2D eigenvalue weighted by molar-refractivity contribution is 0.181. The van der Waals surface area contributed by atoms with Crippen molar-refractivity contribution >= 4 is 28.2 Å². The number of aromatic nitrogens is 1. The van der Waals surface area contributed by atoms with E-state index in [1.165, 1.54) is 22.6 Å². The van der Waals surface area contributed by atoms with Gasteiger partial charge in [-0.25, -0.2) is 9.78 Å². The molecule has 6 nitrogen and oxygen atoms in total. The minimum atomic E-state index is -0.0433. The fraction of sp³-hybridized carbons (Fsp3) is 0.500. The molecule has 4 rings (SSSR count). The van der Waals surface area contributed by atoms with Gasteiger partial charge < -0.3 is 14.5 Å². The van der Waals surface area contributed by atoms with Crippen LogP contribution in [0.25, 0.3) is 0 Å². The molecule has 2 aliphatic rings. The maximum Gasteiger partial charge on any atom is 0.323 e. The second-order valence-electron chi connectivity index (χ2n) is 7.26. The summed E-state index contributed by atoms with van der Waals surface area (Å²) in [5.41, 5.74) is 3.71. The van der Waals surface area contributed by atoms with Gasteiger partial charge in [-0.2, -0.15) is 0 Å². The number of carbonyl (C=O) groups is 1. The first-order valence-electron chi connectivity index (χ1n) is 9.55. The molecule has 0 radical (unpaired) electrons. The molecule has 27 heavy (non-hydrogen) atoms. The number of thiazole rings is 1. The molecule has 7 heteroatoms. The Morgan fingerprint density at radius 1 is 1.30 bits per heavy atom. The van der Waals surface area contributed by atoms with Crippen molar-refractivity contribution in [3.8, 4) is 0 Å². The number of urea groups is 1. The normalized spacial score (nSPS) is 17.2. The van der Waals surface area contributed by atoms with Crippen molar-refractivity contribution < 1.29 is 9.53 Å². The number of ether oxygens (including phenoxy) is 1. The SMILES string of the molecule is COCc1csc(NC(=O)N2CCC(CN3CCc4ccccc43)CC2)n1. The van der Waals surface area contributed by atoms with E-state index in [0.29, 0.717) is 17.7 Å². The van der Waals surface area contributed by atoms with Crippen molar-refractivity contribution in [1.29, 1.82) is 0 Å². The second-order valence-corrected chi connectivity index (χ2v) is 8.12. The van der Waals surface area contributed by atoms with E-state index in [9.17, 15) is 4.79 Å². The number of methoxy groups -OCH3 is 1. The number of hydrogen-bond acceptors (Lipinski definition) is 5. The van der Waals surface area contributed by atoms with Gasteiger partial charge in [-0.05, 0) is 36.8 Å². The molecule has 144 valence electrons. The summed E-state index contributed by atoms with van der Waals surface area (Å²) in [6.45, 7) is 4.30. The number of amides is 2. The van der Waals surface area contributed by atoms with Gasteiger partial charge >= 0.3 is 6.03 Å². The Labute approximate surface area is 164 Å². The number of anilines is 2. The third-order valence-electron chi connectivity index (χ3n) is 5.42. The van der Waals surface area contributed by atoms with E-state index in [4.69, 9.17) is 4.74 Å². The number of likely N-dealkylation sites (tertiary alicyclic amines) is 1. The van der Waals surface area contributed by atoms with E-state index in [1.54, 1.807) is 7.11 Å². The smallest absolute Gasteiger partial charge is 0.323 e. The van der Waals surface area contributed by atoms with Crippen LogP contribution in [-0.4, -0.2) is 49.2 Å². The highest BCUT2D eigenvalue weighted by atomic mass is 32.1. The summed E-state index contributed by atoms with van der Waals surface area (Å²) < 4.78 is 5.07. The molecule has 0 aliphatic carbocycles. The molecule has 0 atom stereocenters. The number of carbonyl (C=O) groups excluding carboxylic acids is 1. The van der Waals surface area contributed by atoms with Gasteiger partial charge in [-0.1, -0.05) is 18.2 Å². The number of piperidine rings is 1. The van der Waals surface area contributed by atoms with Crippen molar-refractivity contribution in [3.05, 3.63) is 40.9 Å². The van der Waals surface area contributed by atoms with E-state index in [1.807, 2.05) is 10.3 Å². The molecular formula is C20H26N4O2S. The molecule has 3 heterocycles. The maximum atomic E-state index is 12.5. The van der Waals surface area contributed by atoms with Crippen molar-refractivity contribution in [1.82, 2.24) is 9.88 Å². The zero-order chi connectivity index (χ0) is 18.6. The number of nitrogens with one attached hydrogen (secondary N) is 1. The van der Waals surface area contributed by atoms with Crippen LogP contribution in [-0.2, 0) is 17.8 Å². The lowest BCUT2D eigenvalue weighted by atomic mass is 9.96. The van der Waals surface area contributed by atoms with Crippen LogP contribution < -0.4 is 10.2 Å². The minimum absolute atomic E-state index is 0.0433. The number of benzene rings is 1. The Hall–Kier alpha value is -2.12. The third kappa shape index (κ3) is 4.25. The van der Waals surface area contributed by atoms with Crippen LogP contribution in [0.1, 0.15) is 24.1 Å². The van der Waals surface area contributed by atoms with Gasteiger partial charge in [0.25, 0.3) is 0 Å². The molecular weight excluding hydrogens is 360 g/mol. The topological polar surface area (TPSA) is 57.7 Å². The predicted molar refractivity (Wildman–Crippen MR) is 109 cm³/mol. The molecule has 1 fully saturated rings. The van der Waals surface area contributed by atoms with E-state index in [0.717, 1.165) is 51.1 Å². The van der Waals surface area contributed by atoms with Gasteiger partial charge in [0.15, 0.2) is 5.13 Å². The molecule has 2 aliphatic heterocycles. The Morgan fingerprint density at radius 3 is 2.93 bits per heavy atom. The van der Waals surface area contributed by atoms with Gasteiger partial charge in [0.2, 0.25) is 0 Å². The van der Waals surface area contributed by atoms with Crippen LogP contribution in [0.3, 0.4) is 0 Å². The quantitative estimate of drug-likeness (QED) is 0.853. The molecule has 0 bridgehead atoms. The summed E-state index contributed by atoms with van der Waals surface area (Å²) in [5, 5.41) is 5.48. The Kier molecular flexibility index (Phi) is 5.59. The van der Waals surface area contributed by atoms with Gasteiger partial charge in [0.05, 0.1) is 12.3 Å². The van der Waals surface area contributed by atoms with Crippen LogP contribution in [0.15, 0.2) is 29.6 Å². The molecule has 1 aromatic carbocycles. The van der Waals surface area contributed by atoms with Gasteiger partial charge in [-0.3, -0.25) is 5.32 Å². The summed E-state index contributed by atoms with van der Waals surface area (Å²) in [4.78, 5) is 21.3. The summed E-state index contributed by atoms with van der Waals surface area (Å²) in [5.74, 6) is 0.647. The molecule has 1 aromatic heterocycles. The fourth-order valence-corrected chi connectivity index (χ4v) is 4.66. The highest BCUT2D eigenvalue weighted by Crippen LogP contribution is 2.30. The molecule has 2 amide bonds. The van der Waals surface area contributed by atoms with E-state index in [-0.39, 0.29) is 6.03 Å². The number of rotatable bonds is 5. The lowest BCUT2D eigenvalue weighted by Crippen LogP contribution is -2.43. The third-order valence-corrected chi connectivity index (χ3v) is 6.23. The van der Waals surface area contributed by atoms with Crippen molar-refractivity contribution in [3.63, 3.8) is 0 Å². The van der Waals surface area contributed by atoms with Crippen molar-refractivity contribution in [2.24, 2.45) is 5.92 Å². The number of nitrogens with zero attached hydrogens (tertiary/aromatic N) is 3. The van der Waals surface area contributed by atoms with Crippen LogP contribution in [0.4, 0.5) is 15.6 Å². The summed E-state index contributed by atoms with van der Waals surface area (Å²) in [7, 11) is 1.64. The molecule has 1 saturated heterocycles. The monoisotopic (exact) mass is 386 g/mol. The van der Waals surface area contributed by atoms with Crippen molar-refractivity contribution in [2.45, 2.75) is 25.9 Å². The highest BCUT2D eigenvalue weighted by molar-refractivity contribution is 7.13. The summed E-state index contributed by atoms with van der Waals surface area (Å²) in [6.07, 6.45) is 3.26. The van der Waals surface area contributed by atoms with Crippen LogP contribution in [0.5, 0.6) is 0 Å². The van der Waals surface area contributed by atoms with Crippen molar-refractivity contribution in [2.75, 3.05) is 43.5 Å². The Balaban J connectivity index is 1.25. The predicted octanol–water partition coefficient (Wildman–Crippen LogP) is 3.60. The lowest BCUT2D eigenvalue weighted by Gasteiger charge is -2.34. The zero-order valence-electron chi connectivity index (χ0n) is 15.7. The average Bonchev–Trinajstić information content (AvgIpc) is 3.30. The maximum absolute atomic E-state index is 12.5. The molecule has 2 aromatic rings. The standard InChI is InChI=1S/C20H26N4O2S/c1-26-13-17-14-27-19(21-17)22-20(25)23-9-6-15(7-10-23)12-24-11-8-16-4-2-3-5-18(16)24/h2-5,14-15H,6-13H2,1H3,(H,21,22,25). The first-order valence-corrected chi connectivity index (χ1v) is 10.4. The first-order chi connectivity index (χ1) is 13.2. The average molecular weight is 387 g/mol. The van der Waals surface area contributed by atoms with Crippen LogP contribution >= 0.6 is 11.3 Å². The molecule has 0 saturated carbocycles. The summed E-state index contributed by atoms with van der Waals surface area (Å²) in [6, 6.07) is 8.68. The Morgan fingerprint density at radius 2 is 2.11 bits per heavy atom. The van der Waals surface area contributed by atoms with Gasteiger partial charge in [0.1, 0.15) is 0 Å². The molecule has 0 spiro atoms. The zero-order valence-corrected chi connectivity index (χ0v) is 16.5.